The third-order valence-electron chi connectivity index (χ3n) is 5.68. The van der Waals surface area contributed by atoms with Crippen LogP contribution in [0.3, 0.4) is 0 Å². The Morgan fingerprint density at radius 2 is 1.50 bits per heavy atom. The van der Waals surface area contributed by atoms with Crippen LogP contribution in [0, 0.1) is 13.8 Å². The molecule has 0 fully saturated rings. The number of fused-ring (bicyclic) bond motifs is 1. The highest BCUT2D eigenvalue weighted by Gasteiger charge is 2.12. The monoisotopic (exact) mass is 418 g/mol. The lowest BCUT2D eigenvalue weighted by Crippen LogP contribution is -2.13. The summed E-state index contributed by atoms with van der Waals surface area (Å²) in [5, 5.41) is 3.66. The van der Waals surface area contributed by atoms with Crippen LogP contribution in [0.5, 0.6) is 0 Å². The SMILES string of the molecule is Cc1ccc(Nc2nc3nccc(-c4ccc(-c5ccccc5)cc4)c3c(=O)[nH]2)cc1C. The Balaban J connectivity index is 1.52. The summed E-state index contributed by atoms with van der Waals surface area (Å²) < 4.78 is 0. The van der Waals surface area contributed by atoms with E-state index < -0.39 is 0 Å². The number of hydrogen-bond donors (Lipinski definition) is 2. The number of rotatable bonds is 4. The molecule has 2 N–H and O–H groups in total. The number of nitrogens with zero attached hydrogens (tertiary/aromatic N) is 2. The van der Waals surface area contributed by atoms with Gasteiger partial charge in [-0.1, -0.05) is 60.7 Å². The first kappa shape index (κ1) is 19.7. The molecule has 0 spiro atoms. The largest absolute Gasteiger partial charge is 0.326 e. The summed E-state index contributed by atoms with van der Waals surface area (Å²) in [6.45, 7) is 4.11. The summed E-state index contributed by atoms with van der Waals surface area (Å²) in [4.78, 5) is 24.8. The van der Waals surface area contributed by atoms with Gasteiger partial charge < -0.3 is 5.32 Å². The second-order valence-electron chi connectivity index (χ2n) is 7.84. The van der Waals surface area contributed by atoms with Crippen molar-refractivity contribution in [3.05, 3.63) is 107 Å². The number of H-pyrrole nitrogens is 1. The fourth-order valence-electron chi connectivity index (χ4n) is 3.79. The van der Waals surface area contributed by atoms with Gasteiger partial charge in [0.1, 0.15) is 0 Å². The summed E-state index contributed by atoms with van der Waals surface area (Å²) in [7, 11) is 0. The minimum atomic E-state index is -0.225. The number of aromatic amines is 1. The zero-order chi connectivity index (χ0) is 22.1. The molecule has 5 nitrogen and oxygen atoms in total. The van der Waals surface area contributed by atoms with E-state index in [0.29, 0.717) is 17.0 Å². The van der Waals surface area contributed by atoms with Gasteiger partial charge >= 0.3 is 0 Å². The predicted molar refractivity (Wildman–Crippen MR) is 130 cm³/mol. The smallest absolute Gasteiger partial charge is 0.262 e. The van der Waals surface area contributed by atoms with Crippen LogP contribution in [0.4, 0.5) is 11.6 Å². The van der Waals surface area contributed by atoms with Crippen LogP contribution < -0.4 is 10.9 Å². The van der Waals surface area contributed by atoms with Crippen molar-refractivity contribution in [2.24, 2.45) is 0 Å². The van der Waals surface area contributed by atoms with Gasteiger partial charge in [0.2, 0.25) is 5.95 Å². The van der Waals surface area contributed by atoms with Crippen LogP contribution in [0.1, 0.15) is 11.1 Å². The molecular formula is C27H22N4O. The summed E-state index contributed by atoms with van der Waals surface area (Å²) >= 11 is 0. The van der Waals surface area contributed by atoms with Gasteiger partial charge in [-0.15, -0.1) is 0 Å². The highest BCUT2D eigenvalue weighted by atomic mass is 16.1. The first-order valence-electron chi connectivity index (χ1n) is 10.5. The van der Waals surface area contributed by atoms with E-state index in [-0.39, 0.29) is 5.56 Å². The normalized spacial score (nSPS) is 10.9. The molecule has 3 aromatic carbocycles. The van der Waals surface area contributed by atoms with E-state index in [2.05, 4.69) is 51.5 Å². The Morgan fingerprint density at radius 1 is 0.781 bits per heavy atom. The van der Waals surface area contributed by atoms with E-state index in [0.717, 1.165) is 33.5 Å². The molecule has 5 heteroatoms. The molecule has 0 bridgehead atoms. The molecule has 5 aromatic rings. The first-order chi connectivity index (χ1) is 15.6. The molecule has 32 heavy (non-hydrogen) atoms. The summed E-state index contributed by atoms with van der Waals surface area (Å²) in [6.07, 6.45) is 1.69. The molecular weight excluding hydrogens is 396 g/mol. The van der Waals surface area contributed by atoms with Crippen LogP contribution >= 0.6 is 0 Å². The van der Waals surface area contributed by atoms with E-state index in [1.807, 2.05) is 61.5 Å². The van der Waals surface area contributed by atoms with Gasteiger partial charge in [-0.3, -0.25) is 9.78 Å². The Morgan fingerprint density at radius 3 is 2.25 bits per heavy atom. The van der Waals surface area contributed by atoms with Gasteiger partial charge in [-0.05, 0) is 65.4 Å². The van der Waals surface area contributed by atoms with Gasteiger partial charge in [0, 0.05) is 11.9 Å². The molecule has 2 heterocycles. The maximum atomic E-state index is 13.0. The third kappa shape index (κ3) is 3.76. The highest BCUT2D eigenvalue weighted by Crippen LogP contribution is 2.28. The lowest BCUT2D eigenvalue weighted by molar-refractivity contribution is 1.14. The molecule has 0 saturated carbocycles. The van der Waals surface area contributed by atoms with Gasteiger partial charge in [-0.2, -0.15) is 4.98 Å². The Bertz CT molecular complexity index is 1470. The fraction of sp³-hybridized carbons (Fsp3) is 0.0741. The molecule has 0 aliphatic rings. The molecule has 0 radical (unpaired) electrons. The molecule has 5 rings (SSSR count). The standard InChI is InChI=1S/C27H22N4O/c1-17-8-13-22(16-18(17)2)29-27-30-25-24(26(32)31-27)23(14-15-28-25)21-11-9-20(10-12-21)19-6-4-3-5-7-19/h3-16H,1-2H3,(H2,28,29,30,31,32). The maximum absolute atomic E-state index is 13.0. The minimum absolute atomic E-state index is 0.225. The number of pyridine rings is 1. The number of aryl methyl sites for hydroxylation is 2. The maximum Gasteiger partial charge on any atom is 0.262 e. The van der Waals surface area contributed by atoms with Crippen molar-refractivity contribution < 1.29 is 0 Å². The molecule has 2 aromatic heterocycles. The number of nitrogens with one attached hydrogen (secondary N) is 2. The van der Waals surface area contributed by atoms with Gasteiger partial charge in [0.15, 0.2) is 5.65 Å². The van der Waals surface area contributed by atoms with Crippen molar-refractivity contribution in [2.45, 2.75) is 13.8 Å². The first-order valence-corrected chi connectivity index (χ1v) is 10.5. The topological polar surface area (TPSA) is 70.7 Å². The van der Waals surface area contributed by atoms with Gasteiger partial charge in [0.25, 0.3) is 5.56 Å². The van der Waals surface area contributed by atoms with Crippen LogP contribution in [0.25, 0.3) is 33.3 Å². The lowest BCUT2D eigenvalue weighted by atomic mass is 9.99. The number of benzene rings is 3. The van der Waals surface area contributed by atoms with Gasteiger partial charge in [-0.25, -0.2) is 4.98 Å². The van der Waals surface area contributed by atoms with Crippen molar-refractivity contribution in [1.29, 1.82) is 0 Å². The molecule has 0 aliphatic heterocycles. The Kier molecular flexibility index (Phi) is 5.00. The average Bonchev–Trinajstić information content (AvgIpc) is 2.82. The summed E-state index contributed by atoms with van der Waals surface area (Å²) in [5.41, 5.74) is 7.45. The van der Waals surface area contributed by atoms with Crippen LogP contribution in [0.15, 0.2) is 89.9 Å². The third-order valence-corrected chi connectivity index (χ3v) is 5.68. The van der Waals surface area contributed by atoms with E-state index in [1.54, 1.807) is 6.20 Å². The highest BCUT2D eigenvalue weighted by molar-refractivity contribution is 5.92. The lowest BCUT2D eigenvalue weighted by Gasteiger charge is -2.10. The molecule has 0 saturated heterocycles. The minimum Gasteiger partial charge on any atom is -0.326 e. The van der Waals surface area contributed by atoms with Crippen molar-refractivity contribution in [3.63, 3.8) is 0 Å². The van der Waals surface area contributed by atoms with Gasteiger partial charge in [0.05, 0.1) is 5.39 Å². The fourth-order valence-corrected chi connectivity index (χ4v) is 3.79. The van der Waals surface area contributed by atoms with Crippen molar-refractivity contribution >= 4 is 22.7 Å². The molecule has 0 aliphatic carbocycles. The van der Waals surface area contributed by atoms with E-state index in [4.69, 9.17) is 0 Å². The number of anilines is 2. The predicted octanol–water partition coefficient (Wildman–Crippen LogP) is 6.01. The van der Waals surface area contributed by atoms with E-state index >= 15 is 0 Å². The van der Waals surface area contributed by atoms with Crippen molar-refractivity contribution in [1.82, 2.24) is 15.0 Å². The Labute approximate surface area is 185 Å². The molecule has 0 atom stereocenters. The second-order valence-corrected chi connectivity index (χ2v) is 7.84. The van der Waals surface area contributed by atoms with Crippen LogP contribution in [-0.4, -0.2) is 15.0 Å². The zero-order valence-corrected chi connectivity index (χ0v) is 17.9. The van der Waals surface area contributed by atoms with E-state index in [9.17, 15) is 4.79 Å². The molecule has 0 unspecified atom stereocenters. The Hall–Kier alpha value is -4.25. The molecule has 156 valence electrons. The van der Waals surface area contributed by atoms with Crippen molar-refractivity contribution in [3.8, 4) is 22.3 Å². The van der Waals surface area contributed by atoms with E-state index in [1.165, 1.54) is 5.56 Å². The van der Waals surface area contributed by atoms with Crippen LogP contribution in [0.2, 0.25) is 0 Å². The molecule has 0 amide bonds. The van der Waals surface area contributed by atoms with Crippen molar-refractivity contribution in [2.75, 3.05) is 5.32 Å². The summed E-state index contributed by atoms with van der Waals surface area (Å²) in [5.74, 6) is 0.370. The quantitative estimate of drug-likeness (QED) is 0.375. The number of aromatic nitrogens is 3. The van der Waals surface area contributed by atoms with Crippen LogP contribution in [-0.2, 0) is 0 Å². The zero-order valence-electron chi connectivity index (χ0n) is 17.9. The number of hydrogen-bond acceptors (Lipinski definition) is 4. The average molecular weight is 419 g/mol. The second kappa shape index (κ2) is 8.12. The summed E-state index contributed by atoms with van der Waals surface area (Å²) in [6, 6.07) is 26.3.